The van der Waals surface area contributed by atoms with Crippen molar-refractivity contribution >= 4 is 16.7 Å². The maximum absolute atomic E-state index is 10.8. The Morgan fingerprint density at radius 3 is 2.71 bits per heavy atom. The molecule has 1 saturated heterocycles. The minimum atomic E-state index is 0.188. The van der Waals surface area contributed by atoms with Crippen LogP contribution in [0.1, 0.15) is 18.4 Å². The highest BCUT2D eigenvalue weighted by molar-refractivity contribution is 5.86. The number of nitrogens with one attached hydrogen (secondary N) is 1. The van der Waals surface area contributed by atoms with Crippen LogP contribution in [0.15, 0.2) is 42.5 Å². The van der Waals surface area contributed by atoms with E-state index < -0.39 is 0 Å². The van der Waals surface area contributed by atoms with E-state index in [1.807, 2.05) is 0 Å². The lowest BCUT2D eigenvalue weighted by atomic mass is 9.95. The van der Waals surface area contributed by atoms with Crippen molar-refractivity contribution < 1.29 is 4.79 Å². The highest BCUT2D eigenvalue weighted by atomic mass is 16.2. The van der Waals surface area contributed by atoms with E-state index in [0.717, 1.165) is 12.8 Å². The van der Waals surface area contributed by atoms with Gasteiger partial charge in [0.25, 0.3) is 0 Å². The Bertz CT molecular complexity index is 548. The molecule has 17 heavy (non-hydrogen) atoms. The molecule has 1 unspecified atom stereocenters. The van der Waals surface area contributed by atoms with Crippen LogP contribution < -0.4 is 5.32 Å². The first-order valence-electron chi connectivity index (χ1n) is 6.09. The van der Waals surface area contributed by atoms with Crippen molar-refractivity contribution in [2.45, 2.75) is 25.3 Å². The Morgan fingerprint density at radius 2 is 1.88 bits per heavy atom. The van der Waals surface area contributed by atoms with Gasteiger partial charge in [-0.25, -0.2) is 0 Å². The fraction of sp³-hybridized carbons (Fsp3) is 0.267. The number of amides is 1. The highest BCUT2D eigenvalue weighted by Gasteiger charge is 2.24. The molecule has 0 aliphatic carbocycles. The number of carbonyl (C=O) groups excluding carboxylic acids is 1. The lowest BCUT2D eigenvalue weighted by molar-refractivity contribution is -0.128. The van der Waals surface area contributed by atoms with E-state index in [0.29, 0.717) is 12.5 Å². The van der Waals surface area contributed by atoms with Crippen molar-refractivity contribution in [1.29, 1.82) is 0 Å². The van der Waals surface area contributed by atoms with Crippen LogP contribution in [0.25, 0.3) is 10.8 Å². The third kappa shape index (κ3) is 2.03. The van der Waals surface area contributed by atoms with Gasteiger partial charge in [-0.05, 0) is 29.2 Å². The minimum absolute atomic E-state index is 0.188. The summed E-state index contributed by atoms with van der Waals surface area (Å²) in [6.07, 6.45) is 2.77. The van der Waals surface area contributed by atoms with Gasteiger partial charge in [0.15, 0.2) is 0 Å². The molecule has 1 fully saturated rings. The van der Waals surface area contributed by atoms with Crippen molar-refractivity contribution in [3.05, 3.63) is 48.0 Å². The second kappa shape index (κ2) is 4.21. The van der Waals surface area contributed by atoms with Crippen LogP contribution in [-0.2, 0) is 11.2 Å². The number of aryl methyl sites for hydroxylation is 1. The summed E-state index contributed by atoms with van der Waals surface area (Å²) in [5.41, 5.74) is 1.38. The zero-order chi connectivity index (χ0) is 11.7. The lowest BCUT2D eigenvalue weighted by Gasteiger charge is -2.26. The molecule has 1 heterocycles. The van der Waals surface area contributed by atoms with Crippen LogP contribution >= 0.6 is 0 Å². The van der Waals surface area contributed by atoms with Crippen LogP contribution in [0.3, 0.4) is 0 Å². The molecule has 0 spiro atoms. The second-order valence-corrected chi connectivity index (χ2v) is 4.65. The smallest absolute Gasteiger partial charge is 0.222 e. The van der Waals surface area contributed by atoms with Crippen molar-refractivity contribution in [1.82, 2.24) is 5.32 Å². The van der Waals surface area contributed by atoms with Gasteiger partial charge in [-0.3, -0.25) is 4.79 Å². The summed E-state index contributed by atoms with van der Waals surface area (Å²) < 4.78 is 0. The van der Waals surface area contributed by atoms with Gasteiger partial charge in [0.1, 0.15) is 0 Å². The summed E-state index contributed by atoms with van der Waals surface area (Å²) in [7, 11) is 0. The summed E-state index contributed by atoms with van der Waals surface area (Å²) in [4.78, 5) is 10.8. The van der Waals surface area contributed by atoms with Crippen molar-refractivity contribution in [2.24, 2.45) is 0 Å². The highest BCUT2D eigenvalue weighted by Crippen LogP contribution is 2.21. The monoisotopic (exact) mass is 225 g/mol. The molecule has 1 aliphatic rings. The first-order chi connectivity index (χ1) is 8.33. The van der Waals surface area contributed by atoms with Gasteiger partial charge in [0.2, 0.25) is 5.91 Å². The molecular weight excluding hydrogens is 210 g/mol. The standard InChI is InChI=1S/C15H15NO/c17-15-10-13(16-15)9-8-12-6-3-5-11-4-1-2-7-14(11)12/h1-7,13H,8-10H2,(H,16,17). The number of β-lactam (4-membered cyclic amide) rings is 1. The predicted octanol–water partition coefficient (Wildman–Crippen LogP) is 2.66. The van der Waals surface area contributed by atoms with Crippen LogP contribution in [-0.4, -0.2) is 11.9 Å². The summed E-state index contributed by atoms with van der Waals surface area (Å²) >= 11 is 0. The van der Waals surface area contributed by atoms with E-state index in [2.05, 4.69) is 47.8 Å². The van der Waals surface area contributed by atoms with Crippen molar-refractivity contribution in [3.63, 3.8) is 0 Å². The molecule has 2 aromatic carbocycles. The Labute approximate surface area is 101 Å². The van der Waals surface area contributed by atoms with E-state index in [1.165, 1.54) is 16.3 Å². The second-order valence-electron chi connectivity index (χ2n) is 4.65. The summed E-state index contributed by atoms with van der Waals surface area (Å²) in [6, 6.07) is 15.3. The van der Waals surface area contributed by atoms with Gasteiger partial charge >= 0.3 is 0 Å². The lowest BCUT2D eigenvalue weighted by Crippen LogP contribution is -2.48. The summed E-state index contributed by atoms with van der Waals surface area (Å²) in [5.74, 6) is 0.188. The van der Waals surface area contributed by atoms with E-state index in [1.54, 1.807) is 0 Å². The maximum atomic E-state index is 10.8. The number of benzene rings is 2. The third-order valence-electron chi connectivity index (χ3n) is 3.44. The molecule has 1 amide bonds. The fourth-order valence-electron chi connectivity index (χ4n) is 2.44. The average molecular weight is 225 g/mol. The third-order valence-corrected chi connectivity index (χ3v) is 3.44. The van der Waals surface area contributed by atoms with E-state index in [9.17, 15) is 4.79 Å². The number of carbonyl (C=O) groups is 1. The number of hydrogen-bond donors (Lipinski definition) is 1. The SMILES string of the molecule is O=C1CC(CCc2cccc3ccccc23)N1. The van der Waals surface area contributed by atoms with Crippen molar-refractivity contribution in [3.8, 4) is 0 Å². The molecule has 0 aromatic heterocycles. The van der Waals surface area contributed by atoms with Gasteiger partial charge in [-0.2, -0.15) is 0 Å². The molecule has 2 nitrogen and oxygen atoms in total. The van der Waals surface area contributed by atoms with Crippen LogP contribution in [0.4, 0.5) is 0 Å². The number of rotatable bonds is 3. The zero-order valence-electron chi connectivity index (χ0n) is 9.65. The first kappa shape index (κ1) is 10.3. The van der Waals surface area contributed by atoms with Gasteiger partial charge in [0.05, 0.1) is 0 Å². The summed E-state index contributed by atoms with van der Waals surface area (Å²) in [5, 5.41) is 5.55. The van der Waals surface area contributed by atoms with E-state index in [-0.39, 0.29) is 5.91 Å². The molecule has 1 N–H and O–H groups in total. The normalized spacial score (nSPS) is 18.8. The van der Waals surface area contributed by atoms with Crippen LogP contribution in [0.5, 0.6) is 0 Å². The Morgan fingerprint density at radius 1 is 1.12 bits per heavy atom. The van der Waals surface area contributed by atoms with E-state index >= 15 is 0 Å². The molecule has 0 saturated carbocycles. The fourth-order valence-corrected chi connectivity index (χ4v) is 2.44. The quantitative estimate of drug-likeness (QED) is 0.799. The molecule has 1 aliphatic heterocycles. The zero-order valence-corrected chi connectivity index (χ0v) is 9.65. The Kier molecular flexibility index (Phi) is 2.56. The van der Waals surface area contributed by atoms with Gasteiger partial charge in [0, 0.05) is 12.5 Å². The van der Waals surface area contributed by atoms with Crippen LogP contribution in [0, 0.1) is 0 Å². The maximum Gasteiger partial charge on any atom is 0.222 e. The molecule has 2 aromatic rings. The van der Waals surface area contributed by atoms with E-state index in [4.69, 9.17) is 0 Å². The first-order valence-corrected chi connectivity index (χ1v) is 6.09. The molecular formula is C15H15NO. The largest absolute Gasteiger partial charge is 0.353 e. The number of fused-ring (bicyclic) bond motifs is 1. The molecule has 2 heteroatoms. The topological polar surface area (TPSA) is 29.1 Å². The van der Waals surface area contributed by atoms with Crippen LogP contribution in [0.2, 0.25) is 0 Å². The van der Waals surface area contributed by atoms with Gasteiger partial charge < -0.3 is 5.32 Å². The minimum Gasteiger partial charge on any atom is -0.353 e. The molecule has 86 valence electrons. The average Bonchev–Trinajstić information content (AvgIpc) is 2.33. The molecule has 0 bridgehead atoms. The Balaban J connectivity index is 1.78. The predicted molar refractivity (Wildman–Crippen MR) is 68.8 cm³/mol. The molecule has 3 rings (SSSR count). The number of hydrogen-bond acceptors (Lipinski definition) is 1. The van der Waals surface area contributed by atoms with Gasteiger partial charge in [-0.15, -0.1) is 0 Å². The van der Waals surface area contributed by atoms with Gasteiger partial charge in [-0.1, -0.05) is 42.5 Å². The van der Waals surface area contributed by atoms with Crippen molar-refractivity contribution in [2.75, 3.05) is 0 Å². The Hall–Kier alpha value is -1.83. The summed E-state index contributed by atoms with van der Waals surface area (Å²) in [6.45, 7) is 0. The molecule has 1 atom stereocenters. The molecule has 0 radical (unpaired) electrons.